The van der Waals surface area contributed by atoms with Gasteiger partial charge in [-0.3, -0.25) is 0 Å². The minimum atomic E-state index is -0.372. The van der Waals surface area contributed by atoms with Crippen molar-refractivity contribution in [2.75, 3.05) is 0 Å². The van der Waals surface area contributed by atoms with E-state index in [1.807, 2.05) is 42.7 Å². The molecule has 3 aromatic rings. The molecule has 1 N–H and O–H groups in total. The quantitative estimate of drug-likeness (QED) is 0.776. The molecule has 0 unspecified atom stereocenters. The number of hydrogen-bond donors (Lipinski definition) is 1. The molecule has 1 fully saturated rings. The van der Waals surface area contributed by atoms with Crippen molar-refractivity contribution >= 4 is 17.1 Å². The highest BCUT2D eigenvalue weighted by molar-refractivity contribution is 5.75. The van der Waals surface area contributed by atoms with Crippen LogP contribution in [0.4, 0.5) is 4.79 Å². The molecule has 25 heavy (non-hydrogen) atoms. The molecule has 1 saturated carbocycles. The molecule has 0 atom stereocenters. The SMILES string of the molecule is O=C(NC1CCC(n2cnc3ccccc32)CC1)Oc1ccccc1. The van der Waals surface area contributed by atoms with Gasteiger partial charge in [-0.1, -0.05) is 30.3 Å². The van der Waals surface area contributed by atoms with E-state index in [0.29, 0.717) is 11.8 Å². The third kappa shape index (κ3) is 3.50. The van der Waals surface area contributed by atoms with Gasteiger partial charge < -0.3 is 14.6 Å². The first-order valence-electron chi connectivity index (χ1n) is 8.74. The molecule has 0 radical (unpaired) electrons. The average Bonchev–Trinajstić information content (AvgIpc) is 3.07. The molecule has 0 saturated heterocycles. The highest BCUT2D eigenvalue weighted by atomic mass is 16.6. The van der Waals surface area contributed by atoms with E-state index in [1.165, 1.54) is 5.52 Å². The van der Waals surface area contributed by atoms with Crippen LogP contribution in [0.25, 0.3) is 11.0 Å². The lowest BCUT2D eigenvalue weighted by molar-refractivity contribution is 0.188. The lowest BCUT2D eigenvalue weighted by Gasteiger charge is -2.30. The molecule has 1 aliphatic rings. The van der Waals surface area contributed by atoms with Gasteiger partial charge in [0.25, 0.3) is 0 Å². The van der Waals surface area contributed by atoms with Crippen molar-refractivity contribution in [3.05, 3.63) is 60.9 Å². The Morgan fingerprint density at radius 1 is 1.00 bits per heavy atom. The van der Waals surface area contributed by atoms with Crippen LogP contribution in [0.1, 0.15) is 31.7 Å². The second-order valence-corrected chi connectivity index (χ2v) is 6.49. The molecule has 0 spiro atoms. The number of hydrogen-bond acceptors (Lipinski definition) is 3. The van der Waals surface area contributed by atoms with Gasteiger partial charge in [-0.25, -0.2) is 9.78 Å². The molecular weight excluding hydrogens is 314 g/mol. The molecule has 4 rings (SSSR count). The van der Waals surface area contributed by atoms with Gasteiger partial charge in [-0.15, -0.1) is 0 Å². The van der Waals surface area contributed by atoms with Crippen LogP contribution in [0, 0.1) is 0 Å². The van der Waals surface area contributed by atoms with Gasteiger partial charge >= 0.3 is 6.09 Å². The number of rotatable bonds is 3. The topological polar surface area (TPSA) is 56.2 Å². The Kier molecular flexibility index (Phi) is 4.37. The highest BCUT2D eigenvalue weighted by Crippen LogP contribution is 2.31. The average molecular weight is 335 g/mol. The maximum Gasteiger partial charge on any atom is 0.412 e. The molecule has 128 valence electrons. The summed E-state index contributed by atoms with van der Waals surface area (Å²) >= 11 is 0. The maximum atomic E-state index is 12.0. The van der Waals surface area contributed by atoms with Crippen LogP contribution in [-0.4, -0.2) is 21.7 Å². The third-order valence-electron chi connectivity index (χ3n) is 4.85. The number of aromatic nitrogens is 2. The summed E-state index contributed by atoms with van der Waals surface area (Å²) in [6.45, 7) is 0. The number of imidazole rings is 1. The van der Waals surface area contributed by atoms with Crippen molar-refractivity contribution < 1.29 is 9.53 Å². The first kappa shape index (κ1) is 15.7. The number of carbonyl (C=O) groups is 1. The summed E-state index contributed by atoms with van der Waals surface area (Å²) in [5.41, 5.74) is 2.22. The smallest absolute Gasteiger partial charge is 0.410 e. The number of carbonyl (C=O) groups excluding carboxylic acids is 1. The summed E-state index contributed by atoms with van der Waals surface area (Å²) in [5, 5.41) is 2.98. The van der Waals surface area contributed by atoms with Crippen molar-refractivity contribution in [2.45, 2.75) is 37.8 Å². The Morgan fingerprint density at radius 2 is 1.72 bits per heavy atom. The summed E-state index contributed by atoms with van der Waals surface area (Å²) < 4.78 is 7.58. The first-order chi connectivity index (χ1) is 12.3. The molecule has 1 heterocycles. The number of amides is 1. The zero-order valence-electron chi connectivity index (χ0n) is 14.0. The van der Waals surface area contributed by atoms with Crippen LogP contribution in [0.5, 0.6) is 5.75 Å². The first-order valence-corrected chi connectivity index (χ1v) is 8.74. The second-order valence-electron chi connectivity index (χ2n) is 6.49. The zero-order chi connectivity index (χ0) is 17.1. The fraction of sp³-hybridized carbons (Fsp3) is 0.300. The minimum absolute atomic E-state index is 0.169. The van der Waals surface area contributed by atoms with Crippen LogP contribution in [-0.2, 0) is 0 Å². The van der Waals surface area contributed by atoms with Gasteiger partial charge in [0.05, 0.1) is 17.4 Å². The van der Waals surface area contributed by atoms with E-state index < -0.39 is 0 Å². The molecule has 2 aromatic carbocycles. The number of ether oxygens (including phenoxy) is 1. The van der Waals surface area contributed by atoms with Gasteiger partial charge in [0.2, 0.25) is 0 Å². The molecule has 0 aliphatic heterocycles. The Bertz CT molecular complexity index is 852. The zero-order valence-corrected chi connectivity index (χ0v) is 14.0. The molecule has 1 aromatic heterocycles. The predicted molar refractivity (Wildman–Crippen MR) is 96.6 cm³/mol. The minimum Gasteiger partial charge on any atom is -0.410 e. The highest BCUT2D eigenvalue weighted by Gasteiger charge is 2.24. The standard InChI is InChI=1S/C20H21N3O2/c24-20(25-17-6-2-1-3-7-17)22-15-10-12-16(13-11-15)23-14-21-18-8-4-5-9-19(18)23/h1-9,14-16H,10-13H2,(H,22,24). The van der Waals surface area contributed by atoms with E-state index >= 15 is 0 Å². The van der Waals surface area contributed by atoms with Crippen LogP contribution in [0.15, 0.2) is 60.9 Å². The molecule has 0 bridgehead atoms. The fourth-order valence-electron chi connectivity index (χ4n) is 3.56. The Morgan fingerprint density at radius 3 is 2.52 bits per heavy atom. The van der Waals surface area contributed by atoms with Crippen molar-refractivity contribution in [1.29, 1.82) is 0 Å². The van der Waals surface area contributed by atoms with E-state index in [9.17, 15) is 4.79 Å². The Labute approximate surface area is 146 Å². The molecular formula is C20H21N3O2. The van der Waals surface area contributed by atoms with Crippen molar-refractivity contribution in [1.82, 2.24) is 14.9 Å². The number of nitrogens with one attached hydrogen (secondary N) is 1. The van der Waals surface area contributed by atoms with Gasteiger partial charge in [-0.2, -0.15) is 0 Å². The summed E-state index contributed by atoms with van der Waals surface area (Å²) in [4.78, 5) is 16.5. The van der Waals surface area contributed by atoms with Gasteiger partial charge in [0, 0.05) is 12.1 Å². The number of para-hydroxylation sites is 3. The summed E-state index contributed by atoms with van der Waals surface area (Å²) in [5.74, 6) is 0.568. The van der Waals surface area contributed by atoms with Crippen molar-refractivity contribution in [2.24, 2.45) is 0 Å². The monoisotopic (exact) mass is 335 g/mol. The third-order valence-corrected chi connectivity index (χ3v) is 4.85. The Balaban J connectivity index is 1.33. The van der Waals surface area contributed by atoms with E-state index in [-0.39, 0.29) is 12.1 Å². The maximum absolute atomic E-state index is 12.0. The molecule has 1 amide bonds. The van der Waals surface area contributed by atoms with Crippen molar-refractivity contribution in [3.63, 3.8) is 0 Å². The van der Waals surface area contributed by atoms with E-state index in [0.717, 1.165) is 31.2 Å². The largest absolute Gasteiger partial charge is 0.412 e. The second kappa shape index (κ2) is 6.97. The van der Waals surface area contributed by atoms with Gasteiger partial charge in [-0.05, 0) is 49.9 Å². The number of nitrogens with zero attached hydrogens (tertiary/aromatic N) is 2. The van der Waals surface area contributed by atoms with Crippen LogP contribution in [0.3, 0.4) is 0 Å². The summed E-state index contributed by atoms with van der Waals surface area (Å²) in [7, 11) is 0. The summed E-state index contributed by atoms with van der Waals surface area (Å²) in [6, 6.07) is 18.0. The van der Waals surface area contributed by atoms with E-state index in [2.05, 4.69) is 20.9 Å². The van der Waals surface area contributed by atoms with Crippen molar-refractivity contribution in [3.8, 4) is 5.75 Å². The predicted octanol–water partition coefficient (Wildman–Crippen LogP) is 4.31. The Hall–Kier alpha value is -2.82. The normalized spacial score (nSPS) is 20.3. The van der Waals surface area contributed by atoms with Gasteiger partial charge in [0.15, 0.2) is 0 Å². The molecule has 5 heteroatoms. The number of fused-ring (bicyclic) bond motifs is 1. The van der Waals surface area contributed by atoms with Crippen LogP contribution >= 0.6 is 0 Å². The van der Waals surface area contributed by atoms with E-state index in [4.69, 9.17) is 4.74 Å². The molecule has 5 nitrogen and oxygen atoms in total. The molecule has 1 aliphatic carbocycles. The fourth-order valence-corrected chi connectivity index (χ4v) is 3.56. The summed E-state index contributed by atoms with van der Waals surface area (Å²) in [6.07, 6.45) is 5.50. The van der Waals surface area contributed by atoms with Crippen LogP contribution in [0.2, 0.25) is 0 Å². The number of benzene rings is 2. The van der Waals surface area contributed by atoms with E-state index in [1.54, 1.807) is 12.1 Å². The lowest BCUT2D eigenvalue weighted by Crippen LogP contribution is -2.39. The lowest BCUT2D eigenvalue weighted by atomic mass is 9.91. The van der Waals surface area contributed by atoms with Gasteiger partial charge in [0.1, 0.15) is 5.75 Å². The van der Waals surface area contributed by atoms with Crippen LogP contribution < -0.4 is 10.1 Å².